The summed E-state index contributed by atoms with van der Waals surface area (Å²) in [5.74, 6) is -1.73. The number of carbonyl (C=O) groups is 2. The number of hydrogen-bond donors (Lipinski definition) is 1. The highest BCUT2D eigenvalue weighted by molar-refractivity contribution is 6.09. The Morgan fingerprint density at radius 1 is 0.909 bits per heavy atom. The Balaban J connectivity index is 2.00. The van der Waals surface area contributed by atoms with Gasteiger partial charge in [-0.15, -0.1) is 13.2 Å². The van der Waals surface area contributed by atoms with Gasteiger partial charge >= 0.3 is 12.5 Å². The Morgan fingerprint density at radius 3 is 2.15 bits per heavy atom. The van der Waals surface area contributed by atoms with Gasteiger partial charge in [-0.3, -0.25) is 14.6 Å². The van der Waals surface area contributed by atoms with E-state index in [1.165, 1.54) is 25.3 Å². The quantitative estimate of drug-likeness (QED) is 0.362. The fourth-order valence-electron chi connectivity index (χ4n) is 2.89. The predicted octanol–water partition coefficient (Wildman–Crippen LogP) is 6.12. The molecule has 0 fully saturated rings. The summed E-state index contributed by atoms with van der Waals surface area (Å²) in [7, 11) is 0. The number of hydrogen-bond acceptors (Lipinski definition) is 4. The monoisotopic (exact) mass is 468 g/mol. The van der Waals surface area contributed by atoms with E-state index in [1.807, 2.05) is 0 Å². The summed E-state index contributed by atoms with van der Waals surface area (Å²) in [5, 5.41) is 2.48. The number of Topliss-reactive ketones (excluding diaryl/α,β-unsaturated/α-hetero) is 1. The molecule has 0 radical (unpaired) electrons. The summed E-state index contributed by atoms with van der Waals surface area (Å²) in [6.45, 7) is 1.27. The summed E-state index contributed by atoms with van der Waals surface area (Å²) in [5.41, 5.74) is -1.08. The van der Waals surface area contributed by atoms with Gasteiger partial charge in [-0.25, -0.2) is 0 Å². The highest BCUT2D eigenvalue weighted by Crippen LogP contribution is 2.35. The largest absolute Gasteiger partial charge is 0.573 e. The zero-order valence-corrected chi connectivity index (χ0v) is 16.7. The van der Waals surface area contributed by atoms with Gasteiger partial charge in [0, 0.05) is 24.4 Å². The number of rotatable bonds is 5. The van der Waals surface area contributed by atoms with E-state index in [0.29, 0.717) is 6.07 Å². The first-order chi connectivity index (χ1) is 15.3. The molecule has 33 heavy (non-hydrogen) atoms. The highest BCUT2D eigenvalue weighted by Gasteiger charge is 2.32. The van der Waals surface area contributed by atoms with Crippen LogP contribution in [0.4, 0.5) is 32.0 Å². The maximum atomic E-state index is 13.2. The van der Waals surface area contributed by atoms with Crippen LogP contribution in [0.2, 0.25) is 0 Å². The topological polar surface area (TPSA) is 68.3 Å². The number of nitrogens with one attached hydrogen (secondary N) is 1. The standard InChI is InChI=1S/C22H14F6N2O3/c1-12(31)19-11-15(8-9-29-19)30-20(32)17-7-4-14(21(23,24)25)10-18(17)13-2-5-16(6-3-13)33-22(26,27)28/h2-11H,1H3,(H,29,30,32). The number of halogens is 6. The number of nitrogens with zero attached hydrogens (tertiary/aromatic N) is 1. The second-order valence-corrected chi connectivity index (χ2v) is 6.77. The third kappa shape index (κ3) is 6.09. The Labute approximate surface area is 183 Å². The average molecular weight is 468 g/mol. The van der Waals surface area contributed by atoms with Crippen LogP contribution < -0.4 is 10.1 Å². The smallest absolute Gasteiger partial charge is 0.406 e. The molecular formula is C22H14F6N2O3. The molecule has 3 rings (SSSR count). The van der Waals surface area contributed by atoms with Gasteiger partial charge in [0.2, 0.25) is 0 Å². The predicted molar refractivity (Wildman–Crippen MR) is 106 cm³/mol. The van der Waals surface area contributed by atoms with Gasteiger partial charge in [0.25, 0.3) is 5.91 Å². The number of alkyl halides is 6. The first-order valence-corrected chi connectivity index (χ1v) is 9.19. The molecule has 11 heteroatoms. The Hall–Kier alpha value is -3.89. The third-order valence-corrected chi connectivity index (χ3v) is 4.37. The van der Waals surface area contributed by atoms with Crippen molar-refractivity contribution in [3.8, 4) is 16.9 Å². The van der Waals surface area contributed by atoms with Crippen molar-refractivity contribution in [1.29, 1.82) is 0 Å². The number of anilines is 1. The van der Waals surface area contributed by atoms with Crippen LogP contribution in [0, 0.1) is 0 Å². The van der Waals surface area contributed by atoms with Crippen molar-refractivity contribution in [3.63, 3.8) is 0 Å². The van der Waals surface area contributed by atoms with Crippen molar-refractivity contribution in [2.45, 2.75) is 19.5 Å². The molecule has 1 heterocycles. The van der Waals surface area contributed by atoms with Crippen LogP contribution in [0.1, 0.15) is 33.3 Å². The molecule has 0 bridgehead atoms. The third-order valence-electron chi connectivity index (χ3n) is 4.37. The van der Waals surface area contributed by atoms with Crippen molar-refractivity contribution >= 4 is 17.4 Å². The van der Waals surface area contributed by atoms with Crippen LogP contribution in [0.15, 0.2) is 60.8 Å². The first kappa shape index (κ1) is 23.8. The average Bonchev–Trinajstić information content (AvgIpc) is 2.72. The Kier molecular flexibility index (Phi) is 6.43. The van der Waals surface area contributed by atoms with E-state index in [0.717, 1.165) is 36.4 Å². The Bertz CT molecular complexity index is 1190. The maximum absolute atomic E-state index is 13.2. The molecule has 0 saturated heterocycles. The van der Waals surface area contributed by atoms with E-state index in [4.69, 9.17) is 0 Å². The van der Waals surface area contributed by atoms with E-state index in [-0.39, 0.29) is 33.9 Å². The zero-order valence-electron chi connectivity index (χ0n) is 16.7. The van der Waals surface area contributed by atoms with Crippen molar-refractivity contribution < 1.29 is 40.7 Å². The number of benzene rings is 2. The molecule has 5 nitrogen and oxygen atoms in total. The van der Waals surface area contributed by atoms with E-state index < -0.39 is 29.8 Å². The fraction of sp³-hybridized carbons (Fsp3) is 0.136. The summed E-state index contributed by atoms with van der Waals surface area (Å²) in [6.07, 6.45) is -8.38. The number of carbonyl (C=O) groups excluding carboxylic acids is 2. The van der Waals surface area contributed by atoms with E-state index >= 15 is 0 Å². The summed E-state index contributed by atoms with van der Waals surface area (Å²) in [6, 6.07) is 9.14. The molecule has 0 spiro atoms. The molecule has 3 aromatic rings. The lowest BCUT2D eigenvalue weighted by atomic mass is 9.96. The number of ether oxygens (including phenoxy) is 1. The van der Waals surface area contributed by atoms with Gasteiger partial charge in [0.15, 0.2) is 5.78 Å². The van der Waals surface area contributed by atoms with Crippen molar-refractivity contribution in [2.75, 3.05) is 5.32 Å². The number of aromatic nitrogens is 1. The van der Waals surface area contributed by atoms with Crippen molar-refractivity contribution in [2.24, 2.45) is 0 Å². The minimum absolute atomic E-state index is 0.0555. The molecule has 2 aromatic carbocycles. The molecular weight excluding hydrogens is 454 g/mol. The van der Waals surface area contributed by atoms with Crippen molar-refractivity contribution in [3.05, 3.63) is 77.6 Å². The maximum Gasteiger partial charge on any atom is 0.573 e. The number of pyridine rings is 1. The SMILES string of the molecule is CC(=O)c1cc(NC(=O)c2ccc(C(F)(F)F)cc2-c2ccc(OC(F)(F)F)cc2)ccn1. The minimum Gasteiger partial charge on any atom is -0.406 e. The lowest BCUT2D eigenvalue weighted by Gasteiger charge is -2.15. The van der Waals surface area contributed by atoms with E-state index in [2.05, 4.69) is 15.0 Å². The van der Waals surface area contributed by atoms with Gasteiger partial charge in [0.05, 0.1) is 5.56 Å². The van der Waals surface area contributed by atoms with Gasteiger partial charge in [-0.05, 0) is 53.6 Å². The van der Waals surface area contributed by atoms with Gasteiger partial charge in [-0.2, -0.15) is 13.2 Å². The molecule has 0 unspecified atom stereocenters. The van der Waals surface area contributed by atoms with Crippen LogP contribution in [-0.4, -0.2) is 23.0 Å². The van der Waals surface area contributed by atoms with E-state index in [9.17, 15) is 35.9 Å². The molecule has 0 atom stereocenters. The van der Waals surface area contributed by atoms with Gasteiger partial charge in [-0.1, -0.05) is 12.1 Å². The normalized spacial score (nSPS) is 11.7. The fourth-order valence-corrected chi connectivity index (χ4v) is 2.89. The van der Waals surface area contributed by atoms with Crippen LogP contribution in [0.5, 0.6) is 5.75 Å². The molecule has 1 amide bonds. The molecule has 0 saturated carbocycles. The molecule has 0 aliphatic carbocycles. The first-order valence-electron chi connectivity index (χ1n) is 9.19. The zero-order chi connectivity index (χ0) is 24.4. The molecule has 0 aliphatic heterocycles. The molecule has 0 aliphatic rings. The second kappa shape index (κ2) is 8.93. The number of amides is 1. The van der Waals surface area contributed by atoms with Crippen molar-refractivity contribution in [1.82, 2.24) is 4.98 Å². The Morgan fingerprint density at radius 2 is 1.58 bits per heavy atom. The van der Waals surface area contributed by atoms with Gasteiger partial charge < -0.3 is 10.1 Å². The van der Waals surface area contributed by atoms with Gasteiger partial charge in [0.1, 0.15) is 11.4 Å². The molecule has 1 aromatic heterocycles. The molecule has 172 valence electrons. The summed E-state index contributed by atoms with van der Waals surface area (Å²) >= 11 is 0. The molecule has 1 N–H and O–H groups in total. The van der Waals surface area contributed by atoms with Crippen LogP contribution in [-0.2, 0) is 6.18 Å². The van der Waals surface area contributed by atoms with Crippen LogP contribution in [0.25, 0.3) is 11.1 Å². The second-order valence-electron chi connectivity index (χ2n) is 6.77. The number of ketones is 1. The lowest BCUT2D eigenvalue weighted by Crippen LogP contribution is -2.17. The van der Waals surface area contributed by atoms with E-state index in [1.54, 1.807) is 0 Å². The highest BCUT2D eigenvalue weighted by atomic mass is 19.4. The summed E-state index contributed by atoms with van der Waals surface area (Å²) in [4.78, 5) is 28.1. The summed E-state index contributed by atoms with van der Waals surface area (Å²) < 4.78 is 80.6. The van der Waals surface area contributed by atoms with Crippen LogP contribution in [0.3, 0.4) is 0 Å². The van der Waals surface area contributed by atoms with Crippen LogP contribution >= 0.6 is 0 Å². The lowest BCUT2D eigenvalue weighted by molar-refractivity contribution is -0.274. The minimum atomic E-state index is -4.94.